The van der Waals surface area contributed by atoms with Crippen LogP contribution in [0.15, 0.2) is 29.1 Å². The molecule has 8 heteroatoms. The lowest BCUT2D eigenvalue weighted by Crippen LogP contribution is -2.75. The van der Waals surface area contributed by atoms with Crippen LogP contribution in [0.5, 0.6) is 5.75 Å². The lowest BCUT2D eigenvalue weighted by molar-refractivity contribution is -0.136. The Kier molecular flexibility index (Phi) is 3.20. The van der Waals surface area contributed by atoms with Crippen molar-refractivity contribution in [1.82, 2.24) is 9.88 Å². The Morgan fingerprint density at radius 2 is 2.10 bits per heavy atom. The van der Waals surface area contributed by atoms with Crippen molar-refractivity contribution in [1.29, 1.82) is 0 Å². The van der Waals surface area contributed by atoms with E-state index < -0.39 is 29.2 Å². The summed E-state index contributed by atoms with van der Waals surface area (Å²) in [5.74, 6) is -0.678. The van der Waals surface area contributed by atoms with Crippen LogP contribution in [0.3, 0.4) is 0 Å². The van der Waals surface area contributed by atoms with Crippen LogP contribution < -0.4 is 11.3 Å². The number of amides is 1. The van der Waals surface area contributed by atoms with Crippen LogP contribution in [0.2, 0.25) is 0 Å². The van der Waals surface area contributed by atoms with Crippen LogP contribution >= 0.6 is 0 Å². The number of aromatic hydroxyl groups is 1. The van der Waals surface area contributed by atoms with Crippen molar-refractivity contribution in [3.8, 4) is 5.75 Å². The van der Waals surface area contributed by atoms with Crippen LogP contribution in [-0.2, 0) is 23.7 Å². The molecule has 1 aromatic heterocycles. The topological polar surface area (TPSA) is 120 Å². The number of primary amides is 1. The second kappa shape index (κ2) is 5.31. The molecule has 4 aliphatic rings. The minimum Gasteiger partial charge on any atom is -0.508 e. The molecule has 2 aromatic rings. The van der Waals surface area contributed by atoms with Gasteiger partial charge in [-0.3, -0.25) is 14.5 Å². The van der Waals surface area contributed by atoms with Gasteiger partial charge in [-0.2, -0.15) is 0 Å². The van der Waals surface area contributed by atoms with Crippen molar-refractivity contribution >= 4 is 5.91 Å². The molecular weight excluding hydrogens is 389 g/mol. The second-order valence-corrected chi connectivity index (χ2v) is 9.36. The van der Waals surface area contributed by atoms with Crippen LogP contribution in [-0.4, -0.2) is 57.4 Å². The Morgan fingerprint density at radius 3 is 2.83 bits per heavy atom. The summed E-state index contributed by atoms with van der Waals surface area (Å²) in [5, 5.41) is 22.4. The van der Waals surface area contributed by atoms with Crippen molar-refractivity contribution in [2.45, 2.75) is 41.7 Å². The van der Waals surface area contributed by atoms with Crippen LogP contribution in [0, 0.1) is 0 Å². The molecule has 4 atom stereocenters. The highest BCUT2D eigenvalue weighted by molar-refractivity contribution is 5.92. The molecule has 3 aliphatic carbocycles. The summed E-state index contributed by atoms with van der Waals surface area (Å²) in [6.45, 7) is 0.417. The Hall–Kier alpha value is -2.71. The Labute approximate surface area is 171 Å². The molecule has 1 saturated heterocycles. The molecule has 2 spiro atoms. The molecule has 1 aromatic carbocycles. The van der Waals surface area contributed by atoms with Crippen LogP contribution in [0.1, 0.15) is 39.2 Å². The maximum absolute atomic E-state index is 13.2. The fourth-order valence-electron chi connectivity index (χ4n) is 7.26. The normalized spacial score (nSPS) is 35.2. The number of phenols is 1. The van der Waals surface area contributed by atoms with E-state index in [0.29, 0.717) is 30.6 Å². The fraction of sp³-hybridized carbons (Fsp3) is 0.455. The highest BCUT2D eigenvalue weighted by Gasteiger charge is 2.80. The number of nitrogens with two attached hydrogens (primary N) is 1. The third kappa shape index (κ3) is 1.79. The second-order valence-electron chi connectivity index (χ2n) is 9.36. The number of nitrogens with one attached hydrogen (secondary N) is 1. The number of fused-ring (bicyclic) bond motifs is 3. The highest BCUT2D eigenvalue weighted by atomic mass is 19.1. The van der Waals surface area contributed by atoms with Crippen molar-refractivity contribution < 1.29 is 19.4 Å². The number of aromatic nitrogens is 1. The van der Waals surface area contributed by atoms with Gasteiger partial charge >= 0.3 is 0 Å². The van der Waals surface area contributed by atoms with Gasteiger partial charge in [0.05, 0.1) is 11.6 Å². The number of rotatable bonds is 3. The number of aliphatic hydroxyl groups is 1. The Morgan fingerprint density at radius 1 is 1.30 bits per heavy atom. The molecule has 2 fully saturated rings. The standard InChI is InChI=1S/C22H22FN3O4/c23-3-4-26-10-20-9-21(15-6-12(27)1-2-14(15)20)8-16-11(7-22(21,30)19(20)26)5-13(17(24)28)18(29)25-16/h1-2,5-6,19,27,30H,3-4,7-10H2,(H2,24,28)(H,25,29). The lowest BCUT2D eigenvalue weighted by atomic mass is 9.55. The Balaban J connectivity index is 1.59. The number of aromatic amines is 1. The first-order valence-corrected chi connectivity index (χ1v) is 10.2. The van der Waals surface area contributed by atoms with E-state index in [1.807, 2.05) is 11.0 Å². The van der Waals surface area contributed by atoms with E-state index in [1.165, 1.54) is 6.07 Å². The maximum atomic E-state index is 13.2. The summed E-state index contributed by atoms with van der Waals surface area (Å²) < 4.78 is 13.2. The van der Waals surface area contributed by atoms with Gasteiger partial charge in [-0.1, -0.05) is 6.07 Å². The third-order valence-electron chi connectivity index (χ3n) is 8.12. The third-order valence-corrected chi connectivity index (χ3v) is 8.12. The zero-order valence-electron chi connectivity index (χ0n) is 16.2. The van der Waals surface area contributed by atoms with Gasteiger partial charge in [0.2, 0.25) is 0 Å². The zero-order valence-corrected chi connectivity index (χ0v) is 16.2. The predicted molar refractivity (Wildman–Crippen MR) is 105 cm³/mol. The highest BCUT2D eigenvalue weighted by Crippen LogP contribution is 2.72. The fourth-order valence-corrected chi connectivity index (χ4v) is 7.26. The van der Waals surface area contributed by atoms with E-state index in [9.17, 15) is 24.2 Å². The molecule has 156 valence electrons. The van der Waals surface area contributed by atoms with E-state index in [-0.39, 0.29) is 35.7 Å². The maximum Gasteiger partial charge on any atom is 0.261 e. The number of carbonyl (C=O) groups is 1. The average Bonchev–Trinajstić information content (AvgIpc) is 3.03. The summed E-state index contributed by atoms with van der Waals surface area (Å²) >= 11 is 0. The van der Waals surface area contributed by atoms with Gasteiger partial charge in [-0.15, -0.1) is 0 Å². The van der Waals surface area contributed by atoms with Gasteiger partial charge in [-0.25, -0.2) is 4.39 Å². The smallest absolute Gasteiger partial charge is 0.261 e. The number of phenolic OH excluding ortho intramolecular Hbond substituents is 1. The van der Waals surface area contributed by atoms with Crippen molar-refractivity contribution in [3.63, 3.8) is 0 Å². The SMILES string of the molecule is NC(=O)c1cc2c([nH]c1=O)CC13CC4(CN(CCF)C4C1(O)C2)c1ccc(O)cc13. The summed E-state index contributed by atoms with van der Waals surface area (Å²) in [6.07, 6.45) is 1.29. The molecule has 2 heterocycles. The van der Waals surface area contributed by atoms with E-state index in [0.717, 1.165) is 11.1 Å². The molecule has 5 N–H and O–H groups in total. The number of likely N-dealkylation sites (tertiary alicyclic amines) is 1. The van der Waals surface area contributed by atoms with Gasteiger partial charge in [0.15, 0.2) is 0 Å². The lowest BCUT2D eigenvalue weighted by Gasteiger charge is -2.62. The first-order valence-electron chi connectivity index (χ1n) is 10.2. The number of H-pyrrole nitrogens is 1. The predicted octanol–water partition coefficient (Wildman–Crippen LogP) is 0.256. The molecule has 30 heavy (non-hydrogen) atoms. The van der Waals surface area contributed by atoms with Gasteiger partial charge in [0, 0.05) is 42.5 Å². The number of hydrogen-bond acceptors (Lipinski definition) is 5. The summed E-state index contributed by atoms with van der Waals surface area (Å²) in [7, 11) is 0. The minimum absolute atomic E-state index is 0.126. The molecule has 1 saturated carbocycles. The van der Waals surface area contributed by atoms with Gasteiger partial charge in [0.1, 0.15) is 18.0 Å². The van der Waals surface area contributed by atoms with Crippen molar-refractivity contribution in [2.75, 3.05) is 19.8 Å². The number of nitrogens with zero attached hydrogens (tertiary/aromatic N) is 1. The number of halogens is 1. The Bertz CT molecular complexity index is 1200. The first-order chi connectivity index (χ1) is 14.3. The quantitative estimate of drug-likeness (QED) is 0.578. The molecule has 1 aliphatic heterocycles. The molecule has 0 radical (unpaired) electrons. The van der Waals surface area contributed by atoms with Crippen molar-refractivity contribution in [2.24, 2.45) is 5.73 Å². The average molecular weight is 411 g/mol. The number of pyridine rings is 1. The molecule has 6 rings (SSSR count). The summed E-state index contributed by atoms with van der Waals surface area (Å²) in [6, 6.07) is 6.55. The van der Waals surface area contributed by atoms with Crippen LogP contribution in [0.4, 0.5) is 4.39 Å². The van der Waals surface area contributed by atoms with Crippen LogP contribution in [0.25, 0.3) is 0 Å². The zero-order chi connectivity index (χ0) is 21.1. The number of hydrogen-bond donors (Lipinski definition) is 4. The van der Waals surface area contributed by atoms with Gasteiger partial charge in [-0.05, 0) is 41.3 Å². The largest absolute Gasteiger partial charge is 0.508 e. The number of alkyl halides is 1. The number of carbonyl (C=O) groups excluding carboxylic acids is 1. The van der Waals surface area contributed by atoms with E-state index >= 15 is 0 Å². The molecular formula is C22H22FN3O4. The van der Waals surface area contributed by atoms with Gasteiger partial charge < -0.3 is 20.9 Å². The van der Waals surface area contributed by atoms with Gasteiger partial charge in [0.25, 0.3) is 11.5 Å². The first kappa shape index (κ1) is 18.1. The minimum atomic E-state index is -1.21. The number of benzene rings is 1. The van der Waals surface area contributed by atoms with E-state index in [2.05, 4.69) is 4.98 Å². The molecule has 7 nitrogen and oxygen atoms in total. The van der Waals surface area contributed by atoms with Crippen molar-refractivity contribution in [3.05, 3.63) is 62.6 Å². The molecule has 1 amide bonds. The molecule has 2 bridgehead atoms. The van der Waals surface area contributed by atoms with E-state index in [4.69, 9.17) is 5.73 Å². The van der Waals surface area contributed by atoms with E-state index in [1.54, 1.807) is 12.1 Å². The monoisotopic (exact) mass is 411 g/mol. The summed E-state index contributed by atoms with van der Waals surface area (Å²) in [4.78, 5) is 28.9. The molecule has 4 unspecified atom stereocenters. The summed E-state index contributed by atoms with van der Waals surface area (Å²) in [5.41, 5.74) is 5.86.